The molecule has 1 aromatic carbocycles. The van der Waals surface area contributed by atoms with Crippen molar-refractivity contribution in [1.82, 2.24) is 4.98 Å². The third-order valence-electron chi connectivity index (χ3n) is 4.23. The number of carbonyl (C=O) groups is 1. The number of aromatic nitrogens is 1. The summed E-state index contributed by atoms with van der Waals surface area (Å²) in [5.41, 5.74) is 8.34. The molecule has 24 heavy (non-hydrogen) atoms. The first kappa shape index (κ1) is 19.4. The normalized spacial score (nSPS) is 19.8. The molecule has 0 radical (unpaired) electrons. The van der Waals surface area contributed by atoms with Crippen LogP contribution in [0.3, 0.4) is 0 Å². The lowest BCUT2D eigenvalue weighted by Gasteiger charge is -2.08. The SMILES string of the molecule is Cc1cc(Cc2cnc(NC(=O)C3CCC(N)C3)s2)ccc1Br.Cl. The summed E-state index contributed by atoms with van der Waals surface area (Å²) in [7, 11) is 0. The van der Waals surface area contributed by atoms with Crippen LogP contribution >= 0.6 is 39.7 Å². The van der Waals surface area contributed by atoms with Crippen LogP contribution in [0.1, 0.15) is 35.3 Å². The Bertz CT molecular complexity index is 722. The highest BCUT2D eigenvalue weighted by molar-refractivity contribution is 9.10. The van der Waals surface area contributed by atoms with Gasteiger partial charge in [0.25, 0.3) is 0 Å². The Morgan fingerprint density at radius 1 is 1.46 bits per heavy atom. The number of anilines is 1. The Morgan fingerprint density at radius 2 is 2.25 bits per heavy atom. The van der Waals surface area contributed by atoms with Crippen LogP contribution in [0, 0.1) is 12.8 Å². The van der Waals surface area contributed by atoms with E-state index in [1.54, 1.807) is 0 Å². The van der Waals surface area contributed by atoms with E-state index in [4.69, 9.17) is 5.73 Å². The molecule has 3 rings (SSSR count). The van der Waals surface area contributed by atoms with Gasteiger partial charge in [0.1, 0.15) is 0 Å². The van der Waals surface area contributed by atoms with Crippen molar-refractivity contribution >= 4 is 50.7 Å². The van der Waals surface area contributed by atoms with Gasteiger partial charge in [0, 0.05) is 33.9 Å². The topological polar surface area (TPSA) is 68.0 Å². The summed E-state index contributed by atoms with van der Waals surface area (Å²) >= 11 is 5.06. The molecular weight excluding hydrogens is 410 g/mol. The molecule has 2 unspecified atom stereocenters. The zero-order valence-electron chi connectivity index (χ0n) is 13.4. The maximum absolute atomic E-state index is 12.2. The van der Waals surface area contributed by atoms with Gasteiger partial charge < -0.3 is 11.1 Å². The molecule has 2 atom stereocenters. The van der Waals surface area contributed by atoms with E-state index in [2.05, 4.69) is 51.4 Å². The minimum atomic E-state index is 0. The van der Waals surface area contributed by atoms with E-state index in [0.717, 1.165) is 35.0 Å². The van der Waals surface area contributed by atoms with Gasteiger partial charge >= 0.3 is 0 Å². The van der Waals surface area contributed by atoms with E-state index < -0.39 is 0 Å². The van der Waals surface area contributed by atoms with E-state index in [0.29, 0.717) is 5.13 Å². The number of hydrogen-bond acceptors (Lipinski definition) is 4. The first-order valence-electron chi connectivity index (χ1n) is 7.77. The zero-order chi connectivity index (χ0) is 16.4. The van der Waals surface area contributed by atoms with Crippen LogP contribution in [0.2, 0.25) is 0 Å². The fourth-order valence-electron chi connectivity index (χ4n) is 2.93. The van der Waals surface area contributed by atoms with Crippen molar-refractivity contribution in [3.8, 4) is 0 Å². The second-order valence-corrected chi connectivity index (χ2v) is 8.12. The van der Waals surface area contributed by atoms with E-state index in [1.807, 2.05) is 6.20 Å². The molecule has 2 aromatic rings. The maximum Gasteiger partial charge on any atom is 0.229 e. The molecule has 1 aliphatic carbocycles. The lowest BCUT2D eigenvalue weighted by atomic mass is 10.1. The van der Waals surface area contributed by atoms with Gasteiger partial charge in [0.15, 0.2) is 5.13 Å². The fraction of sp³-hybridized carbons (Fsp3) is 0.412. The van der Waals surface area contributed by atoms with Gasteiger partial charge in [-0.15, -0.1) is 23.7 Å². The standard InChI is InChI=1S/C17H20BrN3OS.ClH/c1-10-6-11(2-5-15(10)18)7-14-9-20-17(23-14)21-16(22)12-3-4-13(19)8-12;/h2,5-6,9,12-13H,3-4,7-8,19H2,1H3,(H,20,21,22);1H. The van der Waals surface area contributed by atoms with Gasteiger partial charge in [-0.3, -0.25) is 4.79 Å². The summed E-state index contributed by atoms with van der Waals surface area (Å²) in [6.45, 7) is 2.08. The van der Waals surface area contributed by atoms with Crippen LogP contribution in [-0.2, 0) is 11.2 Å². The second kappa shape index (κ2) is 8.43. The van der Waals surface area contributed by atoms with Crippen LogP contribution in [0.4, 0.5) is 5.13 Å². The summed E-state index contributed by atoms with van der Waals surface area (Å²) in [5, 5.41) is 3.62. The van der Waals surface area contributed by atoms with Crippen molar-refractivity contribution in [1.29, 1.82) is 0 Å². The largest absolute Gasteiger partial charge is 0.328 e. The number of nitrogens with two attached hydrogens (primary N) is 1. The summed E-state index contributed by atoms with van der Waals surface area (Å²) in [5.74, 6) is 0.0878. The number of amides is 1. The number of benzene rings is 1. The molecule has 1 saturated carbocycles. The van der Waals surface area contributed by atoms with Crippen LogP contribution < -0.4 is 11.1 Å². The zero-order valence-corrected chi connectivity index (χ0v) is 16.6. The molecule has 0 aliphatic heterocycles. The molecule has 3 N–H and O–H groups in total. The van der Waals surface area contributed by atoms with Crippen molar-refractivity contribution in [3.63, 3.8) is 0 Å². The Balaban J connectivity index is 0.00000208. The van der Waals surface area contributed by atoms with Crippen molar-refractivity contribution in [3.05, 3.63) is 44.9 Å². The predicted octanol–water partition coefficient (Wildman–Crippen LogP) is 4.29. The van der Waals surface area contributed by atoms with Crippen LogP contribution in [0.25, 0.3) is 0 Å². The van der Waals surface area contributed by atoms with E-state index in [9.17, 15) is 4.79 Å². The van der Waals surface area contributed by atoms with Gasteiger partial charge in [-0.25, -0.2) is 4.98 Å². The quantitative estimate of drug-likeness (QED) is 0.760. The monoisotopic (exact) mass is 429 g/mol. The van der Waals surface area contributed by atoms with Crippen molar-refractivity contribution in [2.24, 2.45) is 11.7 Å². The van der Waals surface area contributed by atoms with Crippen LogP contribution in [-0.4, -0.2) is 16.9 Å². The minimum Gasteiger partial charge on any atom is -0.328 e. The summed E-state index contributed by atoms with van der Waals surface area (Å²) in [6.07, 6.45) is 5.27. The van der Waals surface area contributed by atoms with Crippen molar-refractivity contribution in [2.75, 3.05) is 5.32 Å². The molecule has 4 nitrogen and oxygen atoms in total. The number of nitrogens with one attached hydrogen (secondary N) is 1. The Hall–Kier alpha value is -0.950. The second-order valence-electron chi connectivity index (χ2n) is 6.15. The summed E-state index contributed by atoms with van der Waals surface area (Å²) in [4.78, 5) is 17.7. The first-order valence-corrected chi connectivity index (χ1v) is 9.38. The lowest BCUT2D eigenvalue weighted by Crippen LogP contribution is -2.23. The third-order valence-corrected chi connectivity index (χ3v) is 6.03. The van der Waals surface area contributed by atoms with Crippen molar-refractivity contribution in [2.45, 2.75) is 38.6 Å². The van der Waals surface area contributed by atoms with Crippen LogP contribution in [0.5, 0.6) is 0 Å². The molecular formula is C17H21BrClN3OS. The molecule has 1 aromatic heterocycles. The van der Waals surface area contributed by atoms with Gasteiger partial charge in [-0.05, 0) is 43.4 Å². The number of carbonyl (C=O) groups excluding carboxylic acids is 1. The van der Waals surface area contributed by atoms with E-state index in [-0.39, 0.29) is 30.3 Å². The number of aryl methyl sites for hydroxylation is 1. The molecule has 1 heterocycles. The smallest absolute Gasteiger partial charge is 0.229 e. The van der Waals surface area contributed by atoms with Gasteiger partial charge in [0.2, 0.25) is 5.91 Å². The molecule has 0 spiro atoms. The average Bonchev–Trinajstić information content (AvgIpc) is 3.12. The Morgan fingerprint density at radius 3 is 2.92 bits per heavy atom. The molecule has 0 saturated heterocycles. The Labute approximate surface area is 160 Å². The molecule has 1 aliphatic rings. The Kier molecular flexibility index (Phi) is 6.80. The highest BCUT2D eigenvalue weighted by Crippen LogP contribution is 2.27. The van der Waals surface area contributed by atoms with E-state index in [1.165, 1.54) is 22.5 Å². The van der Waals surface area contributed by atoms with E-state index >= 15 is 0 Å². The fourth-order valence-corrected chi connectivity index (χ4v) is 4.02. The molecule has 130 valence electrons. The highest BCUT2D eigenvalue weighted by Gasteiger charge is 2.28. The van der Waals surface area contributed by atoms with Gasteiger partial charge in [-0.1, -0.05) is 28.1 Å². The van der Waals surface area contributed by atoms with Gasteiger partial charge in [-0.2, -0.15) is 0 Å². The predicted molar refractivity (Wildman–Crippen MR) is 105 cm³/mol. The molecule has 7 heteroatoms. The average molecular weight is 431 g/mol. The number of hydrogen-bond donors (Lipinski definition) is 2. The number of thiazole rings is 1. The van der Waals surface area contributed by atoms with Crippen LogP contribution in [0.15, 0.2) is 28.9 Å². The third kappa shape index (κ3) is 4.79. The summed E-state index contributed by atoms with van der Waals surface area (Å²) in [6, 6.07) is 6.51. The maximum atomic E-state index is 12.2. The van der Waals surface area contributed by atoms with Gasteiger partial charge in [0.05, 0.1) is 0 Å². The number of nitrogens with zero attached hydrogens (tertiary/aromatic N) is 1. The molecule has 1 fully saturated rings. The molecule has 1 amide bonds. The number of rotatable bonds is 4. The first-order chi connectivity index (χ1) is 11.0. The molecule has 0 bridgehead atoms. The number of halogens is 2. The minimum absolute atomic E-state index is 0. The summed E-state index contributed by atoms with van der Waals surface area (Å²) < 4.78 is 1.12. The highest BCUT2D eigenvalue weighted by atomic mass is 79.9. The van der Waals surface area contributed by atoms with Crippen molar-refractivity contribution < 1.29 is 4.79 Å². The lowest BCUT2D eigenvalue weighted by molar-refractivity contribution is -0.119.